The standard InChI is InChI=1S/C16H14ClNO4/c17-13-5-3-12(4-6-13)10-18-15(19)11-22-16(20)8-7-14-2-1-9-21-14/h1-9H,10-11H2,(H,18,19)/b8-7+. The molecule has 2 aromatic rings. The summed E-state index contributed by atoms with van der Waals surface area (Å²) >= 11 is 5.77. The van der Waals surface area contributed by atoms with Crippen LogP contribution in [0.4, 0.5) is 0 Å². The number of hydrogen-bond donors (Lipinski definition) is 1. The quantitative estimate of drug-likeness (QED) is 0.656. The van der Waals surface area contributed by atoms with Crippen LogP contribution >= 0.6 is 11.6 Å². The van der Waals surface area contributed by atoms with Gasteiger partial charge in [0.25, 0.3) is 5.91 Å². The molecule has 22 heavy (non-hydrogen) atoms. The van der Waals surface area contributed by atoms with Crippen molar-refractivity contribution in [1.82, 2.24) is 5.32 Å². The van der Waals surface area contributed by atoms with Gasteiger partial charge in [-0.1, -0.05) is 23.7 Å². The number of hydrogen-bond acceptors (Lipinski definition) is 4. The molecule has 114 valence electrons. The SMILES string of the molecule is O=C(COC(=O)/C=C/c1ccco1)NCc1ccc(Cl)cc1. The lowest BCUT2D eigenvalue weighted by molar-refractivity contribution is -0.143. The van der Waals surface area contributed by atoms with E-state index in [4.69, 9.17) is 20.8 Å². The van der Waals surface area contributed by atoms with Crippen LogP contribution in [0.25, 0.3) is 6.08 Å². The summed E-state index contributed by atoms with van der Waals surface area (Å²) in [4.78, 5) is 23.0. The maximum Gasteiger partial charge on any atom is 0.331 e. The number of nitrogens with one attached hydrogen (secondary N) is 1. The number of rotatable bonds is 6. The third kappa shape index (κ3) is 5.46. The summed E-state index contributed by atoms with van der Waals surface area (Å²) in [6.45, 7) is 0.00467. The first-order chi connectivity index (χ1) is 10.6. The van der Waals surface area contributed by atoms with Crippen molar-refractivity contribution in [2.75, 3.05) is 6.61 Å². The van der Waals surface area contributed by atoms with E-state index in [-0.39, 0.29) is 12.5 Å². The third-order valence-corrected chi connectivity index (χ3v) is 2.93. The monoisotopic (exact) mass is 319 g/mol. The van der Waals surface area contributed by atoms with Gasteiger partial charge in [-0.25, -0.2) is 4.79 Å². The molecule has 1 amide bonds. The van der Waals surface area contributed by atoms with Crippen molar-refractivity contribution in [3.8, 4) is 0 Å². The van der Waals surface area contributed by atoms with Gasteiger partial charge >= 0.3 is 5.97 Å². The largest absolute Gasteiger partial charge is 0.465 e. The first-order valence-electron chi connectivity index (χ1n) is 6.53. The van der Waals surface area contributed by atoms with Crippen LogP contribution in [0.2, 0.25) is 5.02 Å². The molecular formula is C16H14ClNO4. The summed E-state index contributed by atoms with van der Waals surface area (Å²) in [5.74, 6) is -0.461. The number of esters is 1. The molecule has 0 fully saturated rings. The summed E-state index contributed by atoms with van der Waals surface area (Å²) in [6, 6.07) is 10.5. The van der Waals surface area contributed by atoms with E-state index in [1.807, 2.05) is 0 Å². The molecule has 0 aliphatic carbocycles. The fourth-order valence-electron chi connectivity index (χ4n) is 1.57. The number of carbonyl (C=O) groups is 2. The van der Waals surface area contributed by atoms with Crippen LogP contribution < -0.4 is 5.32 Å². The Morgan fingerprint density at radius 1 is 1.23 bits per heavy atom. The molecule has 0 atom stereocenters. The van der Waals surface area contributed by atoms with Crippen LogP contribution in [0.3, 0.4) is 0 Å². The Bertz CT molecular complexity index is 647. The molecule has 1 aromatic heterocycles. The summed E-state index contributed by atoms with van der Waals surface area (Å²) < 4.78 is 9.83. The molecule has 0 bridgehead atoms. The van der Waals surface area contributed by atoms with E-state index in [1.165, 1.54) is 18.4 Å². The fraction of sp³-hybridized carbons (Fsp3) is 0.125. The summed E-state index contributed by atoms with van der Waals surface area (Å²) in [6.07, 6.45) is 4.16. The van der Waals surface area contributed by atoms with Crippen LogP contribution in [0.5, 0.6) is 0 Å². The molecule has 1 N–H and O–H groups in total. The van der Waals surface area contributed by atoms with E-state index >= 15 is 0 Å². The molecule has 2 rings (SSSR count). The third-order valence-electron chi connectivity index (χ3n) is 2.68. The molecular weight excluding hydrogens is 306 g/mol. The molecule has 6 heteroatoms. The van der Waals surface area contributed by atoms with Gasteiger partial charge in [0.1, 0.15) is 5.76 Å². The molecule has 0 aliphatic rings. The maximum absolute atomic E-state index is 11.6. The van der Waals surface area contributed by atoms with Gasteiger partial charge in [0, 0.05) is 17.6 Å². The highest BCUT2D eigenvalue weighted by molar-refractivity contribution is 6.30. The minimum atomic E-state index is -0.613. The normalized spacial score (nSPS) is 10.6. The van der Waals surface area contributed by atoms with Gasteiger partial charge < -0.3 is 14.5 Å². The molecule has 0 saturated heterocycles. The van der Waals surface area contributed by atoms with Crippen molar-refractivity contribution in [3.05, 3.63) is 65.1 Å². The minimum absolute atomic E-state index is 0.338. The Morgan fingerprint density at radius 2 is 2.00 bits per heavy atom. The van der Waals surface area contributed by atoms with Crippen LogP contribution in [0, 0.1) is 0 Å². The molecule has 5 nitrogen and oxygen atoms in total. The van der Waals surface area contributed by atoms with Crippen molar-refractivity contribution < 1.29 is 18.7 Å². The predicted molar refractivity (Wildman–Crippen MR) is 82.0 cm³/mol. The van der Waals surface area contributed by atoms with E-state index < -0.39 is 5.97 Å². The van der Waals surface area contributed by atoms with Crippen LogP contribution in [-0.2, 0) is 20.9 Å². The predicted octanol–water partition coefficient (Wildman–Crippen LogP) is 2.81. The van der Waals surface area contributed by atoms with Crippen molar-refractivity contribution in [1.29, 1.82) is 0 Å². The molecule has 0 aliphatic heterocycles. The number of ether oxygens (including phenoxy) is 1. The lowest BCUT2D eigenvalue weighted by Crippen LogP contribution is -2.28. The average Bonchev–Trinajstić information content (AvgIpc) is 3.04. The van der Waals surface area contributed by atoms with Gasteiger partial charge in [-0.05, 0) is 35.9 Å². The lowest BCUT2D eigenvalue weighted by atomic mass is 10.2. The second-order valence-electron chi connectivity index (χ2n) is 4.36. The molecule has 1 aromatic carbocycles. The number of carbonyl (C=O) groups excluding carboxylic acids is 2. The highest BCUT2D eigenvalue weighted by Gasteiger charge is 2.05. The molecule has 0 saturated carbocycles. The van der Waals surface area contributed by atoms with Crippen LogP contribution in [0.1, 0.15) is 11.3 Å². The Hall–Kier alpha value is -2.53. The number of halogens is 1. The summed E-state index contributed by atoms with van der Waals surface area (Å²) in [5.41, 5.74) is 0.904. The van der Waals surface area contributed by atoms with E-state index in [2.05, 4.69) is 5.32 Å². The van der Waals surface area contributed by atoms with Crippen molar-refractivity contribution >= 4 is 29.6 Å². The Labute approximate surface area is 132 Å². The Balaban J connectivity index is 1.68. The van der Waals surface area contributed by atoms with E-state index in [0.717, 1.165) is 5.56 Å². The van der Waals surface area contributed by atoms with Crippen molar-refractivity contribution in [3.63, 3.8) is 0 Å². The zero-order chi connectivity index (χ0) is 15.8. The molecule has 0 radical (unpaired) electrons. The second kappa shape index (κ2) is 8.05. The maximum atomic E-state index is 11.6. The fourth-order valence-corrected chi connectivity index (χ4v) is 1.70. The van der Waals surface area contributed by atoms with Crippen LogP contribution in [0.15, 0.2) is 53.2 Å². The van der Waals surface area contributed by atoms with E-state index in [9.17, 15) is 9.59 Å². The van der Waals surface area contributed by atoms with Gasteiger partial charge in [-0.3, -0.25) is 4.79 Å². The zero-order valence-electron chi connectivity index (χ0n) is 11.6. The van der Waals surface area contributed by atoms with Gasteiger partial charge in [0.2, 0.25) is 0 Å². The summed E-state index contributed by atoms with van der Waals surface area (Å²) in [7, 11) is 0. The first kappa shape index (κ1) is 15.9. The lowest BCUT2D eigenvalue weighted by Gasteiger charge is -2.05. The number of furan rings is 1. The van der Waals surface area contributed by atoms with Gasteiger partial charge in [0.15, 0.2) is 6.61 Å². The molecule has 0 unspecified atom stereocenters. The highest BCUT2D eigenvalue weighted by Crippen LogP contribution is 2.09. The number of amides is 1. The van der Waals surface area contributed by atoms with Gasteiger partial charge in [-0.15, -0.1) is 0 Å². The van der Waals surface area contributed by atoms with Crippen LogP contribution in [-0.4, -0.2) is 18.5 Å². The average molecular weight is 320 g/mol. The van der Waals surface area contributed by atoms with Gasteiger partial charge in [0.05, 0.1) is 6.26 Å². The second-order valence-corrected chi connectivity index (χ2v) is 4.80. The highest BCUT2D eigenvalue weighted by atomic mass is 35.5. The smallest absolute Gasteiger partial charge is 0.331 e. The minimum Gasteiger partial charge on any atom is -0.465 e. The number of benzene rings is 1. The van der Waals surface area contributed by atoms with Crippen molar-refractivity contribution in [2.45, 2.75) is 6.54 Å². The van der Waals surface area contributed by atoms with Crippen molar-refractivity contribution in [2.24, 2.45) is 0 Å². The van der Waals surface area contributed by atoms with E-state index in [0.29, 0.717) is 17.3 Å². The first-order valence-corrected chi connectivity index (χ1v) is 6.91. The molecule has 0 spiro atoms. The van der Waals surface area contributed by atoms with E-state index in [1.54, 1.807) is 36.4 Å². The molecule has 1 heterocycles. The Morgan fingerprint density at radius 3 is 2.68 bits per heavy atom. The summed E-state index contributed by atoms with van der Waals surface area (Å²) in [5, 5.41) is 3.27. The van der Waals surface area contributed by atoms with Gasteiger partial charge in [-0.2, -0.15) is 0 Å². The Kier molecular flexibility index (Phi) is 5.80. The zero-order valence-corrected chi connectivity index (χ0v) is 12.4. The topological polar surface area (TPSA) is 68.5 Å².